The highest BCUT2D eigenvalue weighted by Crippen LogP contribution is 2.51. The Hall–Kier alpha value is -1.01. The van der Waals surface area contributed by atoms with Gasteiger partial charge in [0.05, 0.1) is 6.33 Å². The maximum absolute atomic E-state index is 11.4. The molecule has 2 aromatic rings. The number of rotatable bonds is 5. The van der Waals surface area contributed by atoms with Gasteiger partial charge in [-0.2, -0.15) is 9.97 Å². The Balaban J connectivity index is 1.59. The first-order valence-electron chi connectivity index (χ1n) is 7.91. The van der Waals surface area contributed by atoms with Gasteiger partial charge in [-0.05, 0) is 19.3 Å². The average molecular weight is 480 g/mol. The van der Waals surface area contributed by atoms with Crippen LogP contribution in [0.4, 0.5) is 11.8 Å². The molecule has 4 rings (SSSR count). The molecule has 2 aromatic heterocycles. The molecule has 5 N–H and O–H groups in total. The van der Waals surface area contributed by atoms with E-state index in [9.17, 15) is 14.4 Å². The van der Waals surface area contributed by atoms with Gasteiger partial charge in [0.25, 0.3) is 0 Å². The van der Waals surface area contributed by atoms with Gasteiger partial charge in [0.2, 0.25) is 5.95 Å². The lowest BCUT2D eigenvalue weighted by Gasteiger charge is -2.13. The Bertz CT molecular complexity index is 852. The minimum Gasteiger partial charge on any atom is -0.368 e. The summed E-state index contributed by atoms with van der Waals surface area (Å²) in [6.45, 7) is 0.486. The molecule has 10 nitrogen and oxygen atoms in total. The standard InChI is InChI=1S/C13H18IN6O4P/c14-10-6(3-8(24-10)25(21,22)23)4-20-5-16-9-11(17-7-1-2-7)18-13(15)19-12(9)20/h5-8,10H,1-4H2,(H2,21,22,23)(H3,15,17,18,19)/t6-,8+,10-/m0/s1. The molecule has 136 valence electrons. The van der Waals surface area contributed by atoms with Crippen molar-refractivity contribution in [3.8, 4) is 0 Å². The van der Waals surface area contributed by atoms with E-state index in [1.165, 1.54) is 0 Å². The molecule has 0 unspecified atom stereocenters. The third-order valence-electron chi connectivity index (χ3n) is 4.37. The number of hydrogen-bond donors (Lipinski definition) is 4. The molecule has 25 heavy (non-hydrogen) atoms. The van der Waals surface area contributed by atoms with Gasteiger partial charge < -0.3 is 30.1 Å². The summed E-state index contributed by atoms with van der Waals surface area (Å²) >= 11 is 2.07. The number of hydrogen-bond acceptors (Lipinski definition) is 7. The number of imidazole rings is 1. The van der Waals surface area contributed by atoms with Crippen LogP contribution in [0.1, 0.15) is 19.3 Å². The van der Waals surface area contributed by atoms with Crippen molar-refractivity contribution in [2.75, 3.05) is 11.1 Å². The number of alkyl halides is 1. The number of ether oxygens (including phenoxy) is 1. The summed E-state index contributed by atoms with van der Waals surface area (Å²) in [5, 5.41) is 3.31. The van der Waals surface area contributed by atoms with Crippen molar-refractivity contribution >= 4 is 53.1 Å². The number of anilines is 2. The van der Waals surface area contributed by atoms with E-state index < -0.39 is 13.4 Å². The normalized spacial score (nSPS) is 27.1. The lowest BCUT2D eigenvalue weighted by Crippen LogP contribution is -2.15. The second-order valence-corrected chi connectivity index (χ2v) is 9.43. The van der Waals surface area contributed by atoms with E-state index in [0.29, 0.717) is 29.6 Å². The molecule has 3 atom stereocenters. The molecule has 0 spiro atoms. The van der Waals surface area contributed by atoms with E-state index in [1.807, 2.05) is 4.57 Å². The molecule has 1 aliphatic heterocycles. The highest BCUT2D eigenvalue weighted by molar-refractivity contribution is 14.1. The fourth-order valence-corrected chi connectivity index (χ4v) is 4.87. The molecule has 1 saturated heterocycles. The van der Waals surface area contributed by atoms with Crippen LogP contribution in [0, 0.1) is 5.92 Å². The first-order chi connectivity index (χ1) is 11.8. The Morgan fingerprint density at radius 2 is 2.20 bits per heavy atom. The Morgan fingerprint density at radius 3 is 2.84 bits per heavy atom. The van der Waals surface area contributed by atoms with Crippen LogP contribution >= 0.6 is 30.2 Å². The molecular weight excluding hydrogens is 462 g/mol. The maximum atomic E-state index is 11.4. The van der Waals surface area contributed by atoms with E-state index in [-0.39, 0.29) is 22.4 Å². The van der Waals surface area contributed by atoms with Crippen molar-refractivity contribution in [1.82, 2.24) is 19.5 Å². The molecule has 1 aliphatic carbocycles. The van der Waals surface area contributed by atoms with Gasteiger partial charge in [0.15, 0.2) is 22.8 Å². The second kappa shape index (κ2) is 6.31. The summed E-state index contributed by atoms with van der Waals surface area (Å²) in [5.74, 6) is -0.322. The Labute approximate surface area is 156 Å². The molecular formula is C13H18IN6O4P. The molecule has 0 bridgehead atoms. The van der Waals surface area contributed by atoms with Gasteiger partial charge in [-0.3, -0.25) is 4.57 Å². The first-order valence-corrected chi connectivity index (χ1v) is 10.8. The summed E-state index contributed by atoms with van der Waals surface area (Å²) in [6.07, 6.45) is 4.15. The number of nitrogens with two attached hydrogens (primary N) is 1. The molecule has 12 heteroatoms. The van der Waals surface area contributed by atoms with E-state index in [0.717, 1.165) is 12.8 Å². The third kappa shape index (κ3) is 3.61. The minimum atomic E-state index is -4.26. The molecule has 2 fully saturated rings. The highest BCUT2D eigenvalue weighted by atomic mass is 127. The topological polar surface area (TPSA) is 148 Å². The summed E-state index contributed by atoms with van der Waals surface area (Å²) in [5.41, 5.74) is 7.09. The van der Waals surface area contributed by atoms with E-state index in [2.05, 4.69) is 42.9 Å². The van der Waals surface area contributed by atoms with Gasteiger partial charge in [-0.25, -0.2) is 4.98 Å². The minimum absolute atomic E-state index is 0.0633. The molecule has 0 radical (unpaired) electrons. The number of aromatic nitrogens is 4. The summed E-state index contributed by atoms with van der Waals surface area (Å²) in [4.78, 5) is 31.6. The van der Waals surface area contributed by atoms with Crippen LogP contribution in [0.5, 0.6) is 0 Å². The van der Waals surface area contributed by atoms with Crippen LogP contribution in [0.15, 0.2) is 6.33 Å². The van der Waals surface area contributed by atoms with Gasteiger partial charge in [0, 0.05) is 18.5 Å². The maximum Gasteiger partial charge on any atom is 0.354 e. The molecule has 3 heterocycles. The van der Waals surface area contributed by atoms with Gasteiger partial charge in [-0.1, -0.05) is 22.6 Å². The predicted molar refractivity (Wildman–Crippen MR) is 99.2 cm³/mol. The number of nitrogens with zero attached hydrogens (tertiary/aromatic N) is 4. The van der Waals surface area contributed by atoms with Crippen molar-refractivity contribution in [1.29, 1.82) is 0 Å². The van der Waals surface area contributed by atoms with Crippen LogP contribution in [0.3, 0.4) is 0 Å². The quantitative estimate of drug-likeness (QED) is 0.282. The largest absolute Gasteiger partial charge is 0.368 e. The monoisotopic (exact) mass is 480 g/mol. The van der Waals surface area contributed by atoms with Crippen LogP contribution in [-0.2, 0) is 15.8 Å². The summed E-state index contributed by atoms with van der Waals surface area (Å²) < 4.78 is 18.4. The van der Waals surface area contributed by atoms with Crippen molar-refractivity contribution in [3.63, 3.8) is 0 Å². The number of nitrogen functional groups attached to an aromatic ring is 1. The third-order valence-corrected chi connectivity index (χ3v) is 6.76. The Morgan fingerprint density at radius 1 is 1.44 bits per heavy atom. The highest BCUT2D eigenvalue weighted by Gasteiger charge is 2.43. The van der Waals surface area contributed by atoms with Crippen molar-refractivity contribution in [3.05, 3.63) is 6.33 Å². The zero-order chi connectivity index (χ0) is 17.8. The Kier molecular flexibility index (Phi) is 4.39. The first kappa shape index (κ1) is 17.4. The summed E-state index contributed by atoms with van der Waals surface area (Å²) in [7, 11) is -4.26. The fourth-order valence-electron chi connectivity index (χ4n) is 2.93. The van der Waals surface area contributed by atoms with Crippen LogP contribution < -0.4 is 11.1 Å². The number of fused-ring (bicyclic) bond motifs is 1. The van der Waals surface area contributed by atoms with Crippen LogP contribution in [0.2, 0.25) is 0 Å². The van der Waals surface area contributed by atoms with E-state index >= 15 is 0 Å². The predicted octanol–water partition coefficient (Wildman–Crippen LogP) is 1.28. The lowest BCUT2D eigenvalue weighted by molar-refractivity contribution is 0.121. The van der Waals surface area contributed by atoms with E-state index in [4.69, 9.17) is 10.5 Å². The number of halogens is 1. The SMILES string of the molecule is Nc1nc(NC2CC2)c2ncn(C[C@@H]3C[C@@H](P(=O)(O)O)O[C@@H]3I)c2n1. The molecule has 0 aromatic carbocycles. The number of nitrogens with one attached hydrogen (secondary N) is 1. The van der Waals surface area contributed by atoms with Gasteiger partial charge in [-0.15, -0.1) is 0 Å². The van der Waals surface area contributed by atoms with Crippen molar-refractivity contribution < 1.29 is 19.1 Å². The smallest absolute Gasteiger partial charge is 0.354 e. The zero-order valence-electron chi connectivity index (χ0n) is 13.1. The van der Waals surface area contributed by atoms with Gasteiger partial charge >= 0.3 is 7.60 Å². The van der Waals surface area contributed by atoms with Crippen molar-refractivity contribution in [2.45, 2.75) is 41.8 Å². The van der Waals surface area contributed by atoms with Crippen LogP contribution in [-0.4, -0.2) is 45.3 Å². The zero-order valence-corrected chi connectivity index (χ0v) is 16.2. The average Bonchev–Trinajstić information content (AvgIpc) is 3.12. The summed E-state index contributed by atoms with van der Waals surface area (Å²) in [6, 6.07) is 0.411. The van der Waals surface area contributed by atoms with Gasteiger partial charge in [0.1, 0.15) is 4.11 Å². The molecule has 0 amide bonds. The molecule has 1 saturated carbocycles. The fraction of sp³-hybridized carbons (Fsp3) is 0.615. The van der Waals surface area contributed by atoms with Crippen LogP contribution in [0.25, 0.3) is 11.2 Å². The lowest BCUT2D eigenvalue weighted by atomic mass is 10.1. The second-order valence-electron chi connectivity index (χ2n) is 6.44. The molecule has 2 aliphatic rings. The van der Waals surface area contributed by atoms with Crippen molar-refractivity contribution in [2.24, 2.45) is 5.92 Å². The van der Waals surface area contributed by atoms with E-state index in [1.54, 1.807) is 6.33 Å².